The molecule has 18 heavy (non-hydrogen) atoms. The van der Waals surface area contributed by atoms with Crippen molar-refractivity contribution in [1.82, 2.24) is 14.8 Å². The molecule has 0 N–H and O–H groups in total. The summed E-state index contributed by atoms with van der Waals surface area (Å²) in [7, 11) is 0. The highest BCUT2D eigenvalue weighted by Gasteiger charge is 2.32. The van der Waals surface area contributed by atoms with Crippen molar-refractivity contribution in [3.05, 3.63) is 11.1 Å². The van der Waals surface area contributed by atoms with Crippen LogP contribution >= 0.6 is 11.6 Å². The van der Waals surface area contributed by atoms with Crippen LogP contribution in [0.5, 0.6) is 0 Å². The summed E-state index contributed by atoms with van der Waals surface area (Å²) in [6.45, 7) is 11.2. The molecule has 1 heterocycles. The molecule has 2 rings (SSSR count). The molecule has 0 radical (unpaired) electrons. The van der Waals surface area contributed by atoms with Gasteiger partial charge in [-0.2, -0.15) is 0 Å². The van der Waals surface area contributed by atoms with Crippen molar-refractivity contribution in [2.24, 2.45) is 5.41 Å². The molecule has 1 fully saturated rings. The summed E-state index contributed by atoms with van der Waals surface area (Å²) < 4.78 is 2.16. The number of nitrogens with zero attached hydrogens (tertiary/aromatic N) is 3. The Morgan fingerprint density at radius 1 is 1.17 bits per heavy atom. The van der Waals surface area contributed by atoms with E-state index in [-0.39, 0.29) is 5.41 Å². The zero-order valence-corrected chi connectivity index (χ0v) is 12.9. The molecule has 0 unspecified atom stereocenters. The van der Waals surface area contributed by atoms with Crippen LogP contribution in [0, 0.1) is 5.41 Å². The SMILES string of the molecule is CC1(C)CCC(n2c(Cl)nnc2C(C)(C)C)CC1. The normalized spacial score (nSPS) is 21.2. The molecule has 102 valence electrons. The molecular formula is C14H24ClN3. The smallest absolute Gasteiger partial charge is 0.225 e. The van der Waals surface area contributed by atoms with Crippen molar-refractivity contribution < 1.29 is 0 Å². The van der Waals surface area contributed by atoms with Gasteiger partial charge in [0.1, 0.15) is 5.82 Å². The van der Waals surface area contributed by atoms with Gasteiger partial charge in [-0.15, -0.1) is 10.2 Å². The van der Waals surface area contributed by atoms with Gasteiger partial charge in [-0.05, 0) is 42.7 Å². The lowest BCUT2D eigenvalue weighted by molar-refractivity contribution is 0.189. The standard InChI is InChI=1S/C14H24ClN3/c1-13(2,3)11-16-17-12(15)18(11)10-6-8-14(4,5)9-7-10/h10H,6-9H2,1-5H3. The monoisotopic (exact) mass is 269 g/mol. The summed E-state index contributed by atoms with van der Waals surface area (Å²) in [5, 5.41) is 8.90. The summed E-state index contributed by atoms with van der Waals surface area (Å²) >= 11 is 6.24. The van der Waals surface area contributed by atoms with E-state index in [2.05, 4.69) is 49.4 Å². The number of aromatic nitrogens is 3. The Bertz CT molecular complexity index is 419. The van der Waals surface area contributed by atoms with Crippen LogP contribution in [0.2, 0.25) is 5.28 Å². The molecule has 1 aromatic rings. The summed E-state index contributed by atoms with van der Waals surface area (Å²) in [6, 6.07) is 0.467. The molecular weight excluding hydrogens is 246 g/mol. The Morgan fingerprint density at radius 2 is 1.72 bits per heavy atom. The highest BCUT2D eigenvalue weighted by Crippen LogP contribution is 2.42. The second kappa shape index (κ2) is 4.52. The molecule has 0 spiro atoms. The fourth-order valence-electron chi connectivity index (χ4n) is 2.75. The summed E-state index contributed by atoms with van der Waals surface area (Å²) in [5.41, 5.74) is 0.464. The average molecular weight is 270 g/mol. The second-order valence-corrected chi connectivity index (χ2v) is 7.65. The van der Waals surface area contributed by atoms with E-state index in [0.29, 0.717) is 16.7 Å². The minimum absolute atomic E-state index is 0.00684. The molecule has 1 saturated carbocycles. The van der Waals surface area contributed by atoms with Gasteiger partial charge in [0.2, 0.25) is 5.28 Å². The van der Waals surface area contributed by atoms with Crippen molar-refractivity contribution in [3.63, 3.8) is 0 Å². The Kier molecular flexibility index (Phi) is 3.48. The van der Waals surface area contributed by atoms with Crippen LogP contribution in [0.25, 0.3) is 0 Å². The molecule has 0 atom stereocenters. The van der Waals surface area contributed by atoms with Crippen LogP contribution < -0.4 is 0 Å². The van der Waals surface area contributed by atoms with Gasteiger partial charge in [0.25, 0.3) is 0 Å². The molecule has 0 aliphatic heterocycles. The van der Waals surface area contributed by atoms with Gasteiger partial charge in [0.05, 0.1) is 0 Å². The summed E-state index contributed by atoms with van der Waals surface area (Å²) in [5.74, 6) is 1.01. The maximum Gasteiger partial charge on any atom is 0.225 e. The maximum absolute atomic E-state index is 6.24. The van der Waals surface area contributed by atoms with Gasteiger partial charge in [-0.1, -0.05) is 34.6 Å². The van der Waals surface area contributed by atoms with Gasteiger partial charge < -0.3 is 0 Å². The molecule has 0 saturated heterocycles. The van der Waals surface area contributed by atoms with Crippen molar-refractivity contribution in [3.8, 4) is 0 Å². The van der Waals surface area contributed by atoms with Gasteiger partial charge >= 0.3 is 0 Å². The zero-order valence-electron chi connectivity index (χ0n) is 12.1. The van der Waals surface area contributed by atoms with Gasteiger partial charge in [-0.25, -0.2) is 0 Å². The summed E-state index contributed by atoms with van der Waals surface area (Å²) in [6.07, 6.45) is 4.84. The third-order valence-corrected chi connectivity index (χ3v) is 4.26. The fraction of sp³-hybridized carbons (Fsp3) is 0.857. The molecule has 1 aromatic heterocycles. The van der Waals surface area contributed by atoms with E-state index in [1.54, 1.807) is 0 Å². The lowest BCUT2D eigenvalue weighted by Gasteiger charge is -2.36. The van der Waals surface area contributed by atoms with Crippen LogP contribution in [0.3, 0.4) is 0 Å². The quantitative estimate of drug-likeness (QED) is 0.758. The number of hydrogen-bond donors (Lipinski definition) is 0. The molecule has 0 bridgehead atoms. The number of rotatable bonds is 1. The number of hydrogen-bond acceptors (Lipinski definition) is 2. The van der Waals surface area contributed by atoms with E-state index in [4.69, 9.17) is 11.6 Å². The summed E-state index contributed by atoms with van der Waals surface area (Å²) in [4.78, 5) is 0. The Balaban J connectivity index is 2.27. The third kappa shape index (κ3) is 2.71. The number of halogens is 1. The lowest BCUT2D eigenvalue weighted by Crippen LogP contribution is -2.27. The predicted molar refractivity (Wildman–Crippen MR) is 75.0 cm³/mol. The molecule has 4 heteroatoms. The van der Waals surface area contributed by atoms with E-state index in [1.165, 1.54) is 25.7 Å². The van der Waals surface area contributed by atoms with Crippen molar-refractivity contribution >= 4 is 11.6 Å². The minimum Gasteiger partial charge on any atom is -0.298 e. The van der Waals surface area contributed by atoms with E-state index in [9.17, 15) is 0 Å². The average Bonchev–Trinajstić information content (AvgIpc) is 2.60. The fourth-order valence-corrected chi connectivity index (χ4v) is 3.01. The first-order valence-corrected chi connectivity index (χ1v) is 7.19. The van der Waals surface area contributed by atoms with Gasteiger partial charge in [0, 0.05) is 11.5 Å². The van der Waals surface area contributed by atoms with Crippen LogP contribution in [-0.4, -0.2) is 14.8 Å². The zero-order chi connectivity index (χ0) is 13.6. The van der Waals surface area contributed by atoms with Crippen LogP contribution in [-0.2, 0) is 5.41 Å². The van der Waals surface area contributed by atoms with Crippen molar-refractivity contribution in [1.29, 1.82) is 0 Å². The topological polar surface area (TPSA) is 30.7 Å². The molecule has 1 aliphatic carbocycles. The van der Waals surface area contributed by atoms with Crippen LogP contribution in [0.4, 0.5) is 0 Å². The third-order valence-electron chi connectivity index (χ3n) is 4.00. The first kappa shape index (κ1) is 13.9. The van der Waals surface area contributed by atoms with Crippen molar-refractivity contribution in [2.75, 3.05) is 0 Å². The largest absolute Gasteiger partial charge is 0.298 e. The van der Waals surface area contributed by atoms with Crippen LogP contribution in [0.15, 0.2) is 0 Å². The first-order chi connectivity index (χ1) is 8.21. The Hall–Kier alpha value is -0.570. The minimum atomic E-state index is -0.00684. The highest BCUT2D eigenvalue weighted by molar-refractivity contribution is 6.28. The first-order valence-electron chi connectivity index (χ1n) is 6.82. The van der Waals surface area contributed by atoms with E-state index < -0.39 is 0 Å². The second-order valence-electron chi connectivity index (χ2n) is 7.31. The molecule has 3 nitrogen and oxygen atoms in total. The van der Waals surface area contributed by atoms with E-state index in [0.717, 1.165) is 5.82 Å². The van der Waals surface area contributed by atoms with Crippen molar-refractivity contribution in [2.45, 2.75) is 71.8 Å². The predicted octanol–water partition coefficient (Wildman–Crippen LogP) is 4.37. The van der Waals surface area contributed by atoms with Gasteiger partial charge in [0.15, 0.2) is 0 Å². The molecule has 1 aliphatic rings. The molecule has 0 aromatic carbocycles. The van der Waals surface area contributed by atoms with Gasteiger partial charge in [-0.3, -0.25) is 4.57 Å². The van der Waals surface area contributed by atoms with E-state index >= 15 is 0 Å². The lowest BCUT2D eigenvalue weighted by atomic mass is 9.75. The maximum atomic E-state index is 6.24. The Labute approximate surface area is 115 Å². The van der Waals surface area contributed by atoms with Crippen LogP contribution in [0.1, 0.15) is 72.2 Å². The molecule has 0 amide bonds. The Morgan fingerprint density at radius 3 is 2.22 bits per heavy atom. The van der Waals surface area contributed by atoms with E-state index in [1.807, 2.05) is 0 Å². The highest BCUT2D eigenvalue weighted by atomic mass is 35.5.